The Kier molecular flexibility index (Phi) is 4.99. The summed E-state index contributed by atoms with van der Waals surface area (Å²) in [6.45, 7) is 6.96. The lowest BCUT2D eigenvalue weighted by atomic mass is 10.2. The Labute approximate surface area is 167 Å². The van der Waals surface area contributed by atoms with Crippen LogP contribution in [0.4, 0.5) is 5.82 Å². The number of furan rings is 1. The second-order valence-corrected chi connectivity index (χ2v) is 6.82. The molecular formula is C21H22N6O2. The molecule has 8 heteroatoms. The van der Waals surface area contributed by atoms with Crippen LogP contribution in [0.2, 0.25) is 0 Å². The third-order valence-electron chi connectivity index (χ3n) is 4.89. The molecule has 0 aliphatic rings. The fourth-order valence-electron chi connectivity index (χ4n) is 3.02. The minimum absolute atomic E-state index is 0.246. The highest BCUT2D eigenvalue weighted by atomic mass is 16.3. The lowest BCUT2D eigenvalue weighted by Gasteiger charge is -2.07. The van der Waals surface area contributed by atoms with Gasteiger partial charge >= 0.3 is 0 Å². The van der Waals surface area contributed by atoms with Gasteiger partial charge in [-0.1, -0.05) is 18.2 Å². The number of carbonyl (C=O) groups is 1. The molecule has 0 aliphatic carbocycles. The smallest absolute Gasteiger partial charge is 0.287 e. The molecule has 148 valence electrons. The maximum Gasteiger partial charge on any atom is 0.287 e. The summed E-state index contributed by atoms with van der Waals surface area (Å²) in [4.78, 5) is 12.2. The highest BCUT2D eigenvalue weighted by Crippen LogP contribution is 2.18. The number of carbonyl (C=O) groups excluding carboxylic acids is 1. The van der Waals surface area contributed by atoms with E-state index in [1.165, 1.54) is 0 Å². The Balaban J connectivity index is 1.30. The van der Waals surface area contributed by atoms with E-state index in [1.807, 2.05) is 57.2 Å². The van der Waals surface area contributed by atoms with Crippen molar-refractivity contribution in [3.05, 3.63) is 65.2 Å². The van der Waals surface area contributed by atoms with Crippen molar-refractivity contribution in [1.82, 2.24) is 25.3 Å². The van der Waals surface area contributed by atoms with Crippen LogP contribution < -0.4 is 10.6 Å². The number of nitrogens with one attached hydrogen (secondary N) is 2. The van der Waals surface area contributed by atoms with Crippen LogP contribution in [0, 0.1) is 20.8 Å². The molecule has 4 aromatic rings. The molecule has 0 aliphatic heterocycles. The van der Waals surface area contributed by atoms with Crippen molar-refractivity contribution in [2.24, 2.45) is 0 Å². The van der Waals surface area contributed by atoms with Crippen molar-refractivity contribution in [3.8, 4) is 5.82 Å². The second-order valence-electron chi connectivity index (χ2n) is 6.82. The van der Waals surface area contributed by atoms with Crippen molar-refractivity contribution in [2.75, 3.05) is 18.4 Å². The lowest BCUT2D eigenvalue weighted by molar-refractivity contribution is 0.0929. The second kappa shape index (κ2) is 7.75. The number of hydrogen-bond donors (Lipinski definition) is 2. The zero-order valence-electron chi connectivity index (χ0n) is 16.6. The van der Waals surface area contributed by atoms with Crippen LogP contribution in [-0.2, 0) is 0 Å². The molecule has 8 nitrogen and oxygen atoms in total. The van der Waals surface area contributed by atoms with Gasteiger partial charge in [0.05, 0.1) is 5.69 Å². The number of anilines is 1. The predicted octanol–water partition coefficient (Wildman–Crippen LogP) is 3.18. The van der Waals surface area contributed by atoms with Gasteiger partial charge in [-0.3, -0.25) is 4.79 Å². The SMILES string of the molecule is Cc1nn(-c2ccc(NCCNC(=O)c3cc4ccccc4o3)nn2)c(C)c1C. The minimum atomic E-state index is -0.246. The van der Waals surface area contributed by atoms with Crippen LogP contribution in [0.15, 0.2) is 46.9 Å². The first kappa shape index (κ1) is 18.7. The highest BCUT2D eigenvalue weighted by molar-refractivity contribution is 5.96. The number of aryl methyl sites for hydroxylation is 1. The van der Waals surface area contributed by atoms with Crippen LogP contribution in [-0.4, -0.2) is 39.0 Å². The van der Waals surface area contributed by atoms with Gasteiger partial charge in [0.1, 0.15) is 11.4 Å². The Bertz CT molecular complexity index is 1130. The molecule has 0 unspecified atom stereocenters. The number of fused-ring (bicyclic) bond motifs is 1. The minimum Gasteiger partial charge on any atom is -0.451 e. The van der Waals surface area contributed by atoms with E-state index in [2.05, 4.69) is 25.9 Å². The Morgan fingerprint density at radius 1 is 1.07 bits per heavy atom. The molecule has 0 atom stereocenters. The van der Waals surface area contributed by atoms with Gasteiger partial charge in [-0.15, -0.1) is 10.2 Å². The molecule has 0 spiro atoms. The van der Waals surface area contributed by atoms with E-state index in [4.69, 9.17) is 4.42 Å². The quantitative estimate of drug-likeness (QED) is 0.491. The third kappa shape index (κ3) is 3.82. The maximum absolute atomic E-state index is 12.2. The molecule has 0 radical (unpaired) electrons. The Morgan fingerprint density at radius 2 is 1.90 bits per heavy atom. The monoisotopic (exact) mass is 390 g/mol. The van der Waals surface area contributed by atoms with Crippen molar-refractivity contribution < 1.29 is 9.21 Å². The summed E-state index contributed by atoms with van der Waals surface area (Å²) in [5.41, 5.74) is 3.87. The van der Waals surface area contributed by atoms with Gasteiger partial charge in [-0.25, -0.2) is 4.68 Å². The number of rotatable bonds is 6. The number of benzene rings is 1. The van der Waals surface area contributed by atoms with E-state index < -0.39 is 0 Å². The Morgan fingerprint density at radius 3 is 2.59 bits per heavy atom. The summed E-state index contributed by atoms with van der Waals surface area (Å²) in [5.74, 6) is 1.35. The molecule has 2 N–H and O–H groups in total. The normalized spacial score (nSPS) is 11.0. The van der Waals surface area contributed by atoms with Crippen molar-refractivity contribution >= 4 is 22.7 Å². The van der Waals surface area contributed by atoms with Crippen molar-refractivity contribution in [1.29, 1.82) is 0 Å². The summed E-state index contributed by atoms with van der Waals surface area (Å²) in [5, 5.41) is 19.8. The van der Waals surface area contributed by atoms with Gasteiger partial charge in [-0.2, -0.15) is 5.10 Å². The van der Waals surface area contributed by atoms with Gasteiger partial charge in [-0.05, 0) is 50.6 Å². The molecule has 0 saturated heterocycles. The largest absolute Gasteiger partial charge is 0.451 e. The zero-order valence-corrected chi connectivity index (χ0v) is 16.6. The molecule has 0 saturated carbocycles. The van der Waals surface area contributed by atoms with Gasteiger partial charge < -0.3 is 15.1 Å². The summed E-state index contributed by atoms with van der Waals surface area (Å²) in [6.07, 6.45) is 0. The van der Waals surface area contributed by atoms with E-state index in [-0.39, 0.29) is 5.91 Å². The molecule has 0 bridgehead atoms. The van der Waals surface area contributed by atoms with E-state index in [1.54, 1.807) is 10.7 Å². The van der Waals surface area contributed by atoms with E-state index in [0.29, 0.717) is 36.1 Å². The topological polar surface area (TPSA) is 97.9 Å². The maximum atomic E-state index is 12.2. The Hall–Kier alpha value is -3.68. The van der Waals surface area contributed by atoms with Crippen LogP contribution >= 0.6 is 0 Å². The lowest BCUT2D eigenvalue weighted by Crippen LogP contribution is -2.28. The number of amides is 1. The van der Waals surface area contributed by atoms with Crippen LogP contribution in [0.5, 0.6) is 0 Å². The molecule has 3 heterocycles. The van der Waals surface area contributed by atoms with Gasteiger partial charge in [0.2, 0.25) is 0 Å². The zero-order chi connectivity index (χ0) is 20.4. The molecule has 1 aromatic carbocycles. The summed E-state index contributed by atoms with van der Waals surface area (Å²) < 4.78 is 7.34. The van der Waals surface area contributed by atoms with Crippen molar-refractivity contribution in [2.45, 2.75) is 20.8 Å². The number of aromatic nitrogens is 4. The molecule has 0 fully saturated rings. The average molecular weight is 390 g/mol. The number of nitrogens with zero attached hydrogens (tertiary/aromatic N) is 4. The summed E-state index contributed by atoms with van der Waals surface area (Å²) in [6, 6.07) is 13.0. The van der Waals surface area contributed by atoms with Crippen LogP contribution in [0.1, 0.15) is 27.5 Å². The standard InChI is InChI=1S/C21H22N6O2/c1-13-14(2)26-27(15(13)3)20-9-8-19(24-25-20)22-10-11-23-21(28)18-12-16-6-4-5-7-17(16)29-18/h4-9,12H,10-11H2,1-3H3,(H,22,24)(H,23,28). The predicted molar refractivity (Wildman–Crippen MR) is 110 cm³/mol. The van der Waals surface area contributed by atoms with Crippen LogP contribution in [0.3, 0.4) is 0 Å². The molecular weight excluding hydrogens is 368 g/mol. The van der Waals surface area contributed by atoms with Crippen molar-refractivity contribution in [3.63, 3.8) is 0 Å². The molecule has 4 rings (SSSR count). The highest BCUT2D eigenvalue weighted by Gasteiger charge is 2.12. The first-order valence-corrected chi connectivity index (χ1v) is 9.40. The van der Waals surface area contributed by atoms with E-state index in [0.717, 1.165) is 22.3 Å². The van der Waals surface area contributed by atoms with Gasteiger partial charge in [0.15, 0.2) is 11.6 Å². The number of hydrogen-bond acceptors (Lipinski definition) is 6. The average Bonchev–Trinajstić information content (AvgIpc) is 3.28. The first-order chi connectivity index (χ1) is 14.0. The third-order valence-corrected chi connectivity index (χ3v) is 4.89. The number of para-hydroxylation sites is 1. The fourth-order valence-corrected chi connectivity index (χ4v) is 3.02. The summed E-state index contributed by atoms with van der Waals surface area (Å²) >= 11 is 0. The van der Waals surface area contributed by atoms with E-state index >= 15 is 0 Å². The van der Waals surface area contributed by atoms with Gasteiger partial charge in [0.25, 0.3) is 5.91 Å². The molecule has 3 aromatic heterocycles. The first-order valence-electron chi connectivity index (χ1n) is 9.40. The molecule has 29 heavy (non-hydrogen) atoms. The van der Waals surface area contributed by atoms with Gasteiger partial charge in [0, 0.05) is 24.2 Å². The van der Waals surface area contributed by atoms with E-state index in [9.17, 15) is 4.79 Å². The van der Waals surface area contributed by atoms with Crippen LogP contribution in [0.25, 0.3) is 16.8 Å². The summed E-state index contributed by atoms with van der Waals surface area (Å²) in [7, 11) is 0. The molecule has 1 amide bonds. The fraction of sp³-hybridized carbons (Fsp3) is 0.238.